The lowest BCUT2D eigenvalue weighted by atomic mass is 10.2. The predicted octanol–water partition coefficient (Wildman–Crippen LogP) is 4.87. The maximum atomic E-state index is 13.0. The monoisotopic (exact) mass is 512 g/mol. The van der Waals surface area contributed by atoms with Gasteiger partial charge >= 0.3 is 0 Å². The van der Waals surface area contributed by atoms with Crippen LogP contribution in [-0.4, -0.2) is 18.0 Å². The fourth-order valence-electron chi connectivity index (χ4n) is 2.40. The van der Waals surface area contributed by atoms with Gasteiger partial charge in [0.1, 0.15) is 11.6 Å². The third kappa shape index (κ3) is 6.75. The summed E-state index contributed by atoms with van der Waals surface area (Å²) in [5.41, 5.74) is 0.997. The molecule has 0 bridgehead atoms. The van der Waals surface area contributed by atoms with E-state index in [1.165, 1.54) is 21.9 Å². The summed E-state index contributed by atoms with van der Waals surface area (Å²) in [7, 11) is 1.74. The van der Waals surface area contributed by atoms with Gasteiger partial charge in [-0.1, -0.05) is 0 Å². The Hall–Kier alpha value is -2.20. The molecule has 0 aliphatic rings. The van der Waals surface area contributed by atoms with Crippen molar-refractivity contribution in [3.8, 4) is 11.6 Å². The molecule has 0 saturated carbocycles. The lowest BCUT2D eigenvalue weighted by molar-refractivity contribution is 0.460. The van der Waals surface area contributed by atoms with Gasteiger partial charge in [0.05, 0.1) is 6.54 Å². The molecule has 0 radical (unpaired) electrons. The van der Waals surface area contributed by atoms with E-state index in [2.05, 4.69) is 39.7 Å². The number of aromatic nitrogens is 1. The summed E-state index contributed by atoms with van der Waals surface area (Å²) in [6, 6.07) is 13.8. The molecular weight excluding hydrogens is 490 g/mol. The van der Waals surface area contributed by atoms with E-state index in [0.29, 0.717) is 18.2 Å². The summed E-state index contributed by atoms with van der Waals surface area (Å²) in [6.45, 7) is 3.40. The number of rotatable bonds is 6. The van der Waals surface area contributed by atoms with E-state index < -0.39 is 0 Å². The maximum Gasteiger partial charge on any atom is 0.219 e. The third-order valence-corrected chi connectivity index (χ3v) is 4.75. The van der Waals surface area contributed by atoms with Crippen LogP contribution in [0.15, 0.2) is 59.7 Å². The van der Waals surface area contributed by atoms with Crippen molar-refractivity contribution in [3.63, 3.8) is 0 Å². The Labute approximate surface area is 185 Å². The smallest absolute Gasteiger partial charge is 0.219 e. The molecule has 28 heavy (non-hydrogen) atoms. The Morgan fingerprint density at radius 3 is 2.54 bits per heavy atom. The standard InChI is InChI=1S/C20H21FN4OS.HI/c1-14-3-8-18(27-14)13-25-20(22-2)24-12-15-9-10-23-19(11-15)26-17-6-4-16(21)5-7-17;/h3-11H,12-13H2,1-2H3,(H2,22,24,25);1H. The van der Waals surface area contributed by atoms with Crippen LogP contribution in [0.3, 0.4) is 0 Å². The Morgan fingerprint density at radius 1 is 1.11 bits per heavy atom. The van der Waals surface area contributed by atoms with E-state index in [9.17, 15) is 4.39 Å². The van der Waals surface area contributed by atoms with Crippen molar-refractivity contribution >= 4 is 41.3 Å². The molecule has 1 aromatic carbocycles. The summed E-state index contributed by atoms with van der Waals surface area (Å²) in [5, 5.41) is 6.57. The number of thiophene rings is 1. The minimum atomic E-state index is -0.301. The highest BCUT2D eigenvalue weighted by Crippen LogP contribution is 2.20. The molecule has 0 saturated heterocycles. The van der Waals surface area contributed by atoms with Crippen LogP contribution >= 0.6 is 35.3 Å². The van der Waals surface area contributed by atoms with E-state index in [-0.39, 0.29) is 29.8 Å². The highest BCUT2D eigenvalue weighted by Gasteiger charge is 2.04. The molecule has 0 fully saturated rings. The third-order valence-electron chi connectivity index (χ3n) is 3.74. The van der Waals surface area contributed by atoms with E-state index in [1.807, 2.05) is 12.1 Å². The lowest BCUT2D eigenvalue weighted by Crippen LogP contribution is -2.36. The first kappa shape index (κ1) is 22.1. The number of hydrogen-bond acceptors (Lipinski definition) is 4. The van der Waals surface area contributed by atoms with E-state index in [0.717, 1.165) is 18.1 Å². The number of aryl methyl sites for hydroxylation is 1. The Balaban J connectivity index is 0.00000280. The minimum absolute atomic E-state index is 0. The molecule has 0 amide bonds. The van der Waals surface area contributed by atoms with Crippen LogP contribution in [0.4, 0.5) is 4.39 Å². The van der Waals surface area contributed by atoms with Gasteiger partial charge in [0, 0.05) is 35.6 Å². The van der Waals surface area contributed by atoms with Crippen molar-refractivity contribution in [1.82, 2.24) is 15.6 Å². The minimum Gasteiger partial charge on any atom is -0.439 e. The first-order chi connectivity index (χ1) is 13.1. The fraction of sp³-hybridized carbons (Fsp3) is 0.200. The van der Waals surface area contributed by atoms with Crippen LogP contribution in [0.2, 0.25) is 0 Å². The molecule has 0 aliphatic heterocycles. The van der Waals surface area contributed by atoms with E-state index in [1.54, 1.807) is 36.7 Å². The van der Waals surface area contributed by atoms with Crippen LogP contribution in [-0.2, 0) is 13.1 Å². The van der Waals surface area contributed by atoms with Gasteiger partial charge in [0.15, 0.2) is 5.96 Å². The van der Waals surface area contributed by atoms with E-state index in [4.69, 9.17) is 4.74 Å². The summed E-state index contributed by atoms with van der Waals surface area (Å²) in [5.74, 6) is 1.42. The average Bonchev–Trinajstić information content (AvgIpc) is 3.09. The topological polar surface area (TPSA) is 58.5 Å². The molecule has 3 rings (SSSR count). The van der Waals surface area contributed by atoms with E-state index >= 15 is 0 Å². The van der Waals surface area contributed by atoms with Crippen molar-refractivity contribution in [2.75, 3.05) is 7.05 Å². The number of ether oxygens (including phenoxy) is 1. The highest BCUT2D eigenvalue weighted by atomic mass is 127. The zero-order valence-corrected chi connectivity index (χ0v) is 18.8. The summed E-state index contributed by atoms with van der Waals surface area (Å²) in [4.78, 5) is 11.0. The number of guanidine groups is 1. The van der Waals surface area contributed by atoms with Gasteiger partial charge in [-0.3, -0.25) is 4.99 Å². The molecule has 0 aliphatic carbocycles. The number of halogens is 2. The van der Waals surface area contributed by atoms with Crippen molar-refractivity contribution in [2.45, 2.75) is 20.0 Å². The number of benzene rings is 1. The van der Waals surface area contributed by atoms with Gasteiger partial charge in [-0.2, -0.15) is 0 Å². The molecule has 0 unspecified atom stereocenters. The molecule has 2 N–H and O–H groups in total. The average molecular weight is 512 g/mol. The van der Waals surface area contributed by atoms with Crippen LogP contribution in [0.25, 0.3) is 0 Å². The number of nitrogens with one attached hydrogen (secondary N) is 2. The zero-order chi connectivity index (χ0) is 19.1. The van der Waals surface area contributed by atoms with Crippen molar-refractivity contribution in [1.29, 1.82) is 0 Å². The molecule has 148 valence electrons. The van der Waals surface area contributed by atoms with Gasteiger partial charge in [-0.25, -0.2) is 9.37 Å². The first-order valence-electron chi connectivity index (χ1n) is 8.50. The molecule has 2 aromatic heterocycles. The Kier molecular flexibility index (Phi) is 8.65. The van der Waals surface area contributed by atoms with Crippen molar-refractivity contribution in [2.24, 2.45) is 4.99 Å². The quantitative estimate of drug-likeness (QED) is 0.281. The van der Waals surface area contributed by atoms with Crippen molar-refractivity contribution < 1.29 is 9.13 Å². The second-order valence-electron chi connectivity index (χ2n) is 5.85. The number of aliphatic imine (C=N–C) groups is 1. The first-order valence-corrected chi connectivity index (χ1v) is 9.32. The Morgan fingerprint density at radius 2 is 1.86 bits per heavy atom. The van der Waals surface area contributed by atoms with Gasteiger partial charge in [-0.05, 0) is 55.0 Å². The van der Waals surface area contributed by atoms with Crippen LogP contribution in [0.5, 0.6) is 11.6 Å². The SMILES string of the molecule is CN=C(NCc1ccnc(Oc2ccc(F)cc2)c1)NCc1ccc(C)s1.I. The second kappa shape index (κ2) is 11.0. The van der Waals surface area contributed by atoms with Gasteiger partial charge in [-0.15, -0.1) is 35.3 Å². The largest absolute Gasteiger partial charge is 0.439 e. The maximum absolute atomic E-state index is 13.0. The molecule has 8 heteroatoms. The molecule has 5 nitrogen and oxygen atoms in total. The van der Waals surface area contributed by atoms with Crippen molar-refractivity contribution in [3.05, 3.63) is 75.9 Å². The predicted molar refractivity (Wildman–Crippen MR) is 122 cm³/mol. The van der Waals surface area contributed by atoms with Crippen LogP contribution in [0, 0.1) is 12.7 Å². The zero-order valence-electron chi connectivity index (χ0n) is 15.6. The molecular formula is C20H22FIN4OS. The highest BCUT2D eigenvalue weighted by molar-refractivity contribution is 14.0. The summed E-state index contributed by atoms with van der Waals surface area (Å²) < 4.78 is 18.6. The Bertz CT molecular complexity index is 915. The van der Waals surface area contributed by atoms with Gasteiger partial charge in [0.2, 0.25) is 5.88 Å². The summed E-state index contributed by atoms with van der Waals surface area (Å²) >= 11 is 1.76. The molecule has 0 atom stereocenters. The van der Waals surface area contributed by atoms with Gasteiger partial charge in [0.25, 0.3) is 0 Å². The fourth-order valence-corrected chi connectivity index (χ4v) is 3.23. The number of nitrogens with zero attached hydrogens (tertiary/aromatic N) is 2. The lowest BCUT2D eigenvalue weighted by Gasteiger charge is -2.12. The molecule has 0 spiro atoms. The molecule has 2 heterocycles. The molecule has 3 aromatic rings. The second-order valence-corrected chi connectivity index (χ2v) is 7.22. The van der Waals surface area contributed by atoms with Gasteiger partial charge < -0.3 is 15.4 Å². The number of pyridine rings is 1. The van der Waals surface area contributed by atoms with Crippen LogP contribution < -0.4 is 15.4 Å². The normalized spacial score (nSPS) is 10.9. The summed E-state index contributed by atoms with van der Waals surface area (Å²) in [6.07, 6.45) is 1.68. The number of hydrogen-bond donors (Lipinski definition) is 2. The van der Waals surface area contributed by atoms with Crippen LogP contribution in [0.1, 0.15) is 15.3 Å².